The van der Waals surface area contributed by atoms with Gasteiger partial charge in [0.1, 0.15) is 5.01 Å². The Morgan fingerprint density at radius 1 is 1.31 bits per heavy atom. The van der Waals surface area contributed by atoms with Gasteiger partial charge in [0.05, 0.1) is 0 Å². The summed E-state index contributed by atoms with van der Waals surface area (Å²) < 4.78 is 1.75. The molecule has 1 saturated carbocycles. The molecule has 0 spiro atoms. The number of hydrogen-bond donors (Lipinski definition) is 1. The van der Waals surface area contributed by atoms with Crippen molar-refractivity contribution < 1.29 is 4.79 Å². The quantitative estimate of drug-likeness (QED) is 0.647. The molecule has 136 valence electrons. The average Bonchev–Trinajstić information content (AvgIpc) is 3.22. The van der Waals surface area contributed by atoms with Gasteiger partial charge >= 0.3 is 0 Å². The first kappa shape index (κ1) is 17.3. The van der Waals surface area contributed by atoms with Crippen molar-refractivity contribution in [3.05, 3.63) is 22.0 Å². The summed E-state index contributed by atoms with van der Waals surface area (Å²) in [6.45, 7) is 3.93. The third-order valence-electron chi connectivity index (χ3n) is 4.43. The van der Waals surface area contributed by atoms with Gasteiger partial charge in [-0.15, -0.1) is 15.3 Å². The number of carbonyl (C=O) groups is 1. The molecule has 3 aromatic heterocycles. The Balaban J connectivity index is 1.45. The van der Waals surface area contributed by atoms with Gasteiger partial charge < -0.3 is 5.32 Å². The van der Waals surface area contributed by atoms with Crippen LogP contribution in [0.15, 0.2) is 5.16 Å². The fraction of sp³-hybridized carbons (Fsp3) is 0.500. The number of rotatable bonds is 6. The van der Waals surface area contributed by atoms with Gasteiger partial charge in [0, 0.05) is 23.7 Å². The van der Waals surface area contributed by atoms with Crippen LogP contribution in [0.1, 0.15) is 47.1 Å². The Morgan fingerprint density at radius 2 is 2.12 bits per heavy atom. The number of carbonyl (C=O) groups excluding carboxylic acids is 1. The zero-order valence-corrected chi connectivity index (χ0v) is 16.4. The Morgan fingerprint density at radius 3 is 2.85 bits per heavy atom. The van der Waals surface area contributed by atoms with Gasteiger partial charge in [-0.3, -0.25) is 4.79 Å². The summed E-state index contributed by atoms with van der Waals surface area (Å²) in [7, 11) is 0. The summed E-state index contributed by atoms with van der Waals surface area (Å²) in [6, 6.07) is 0. The molecule has 3 heterocycles. The van der Waals surface area contributed by atoms with E-state index < -0.39 is 0 Å². The number of thioether (sulfide) groups is 1. The number of fused-ring (bicyclic) bond motifs is 1. The highest BCUT2D eigenvalue weighted by Gasteiger charge is 2.27. The molecule has 0 aromatic carbocycles. The Hall–Kier alpha value is -2.07. The Labute approximate surface area is 158 Å². The molecule has 0 bridgehead atoms. The van der Waals surface area contributed by atoms with Crippen molar-refractivity contribution in [2.45, 2.75) is 50.6 Å². The maximum atomic E-state index is 12.3. The molecule has 26 heavy (non-hydrogen) atoms. The van der Waals surface area contributed by atoms with Crippen molar-refractivity contribution in [3.8, 4) is 0 Å². The van der Waals surface area contributed by atoms with E-state index in [-0.39, 0.29) is 5.91 Å². The second-order valence-electron chi connectivity index (χ2n) is 6.34. The highest BCUT2D eigenvalue weighted by Crippen LogP contribution is 2.42. The van der Waals surface area contributed by atoms with Gasteiger partial charge in [0.2, 0.25) is 16.2 Å². The van der Waals surface area contributed by atoms with Crippen molar-refractivity contribution in [3.63, 3.8) is 0 Å². The van der Waals surface area contributed by atoms with Gasteiger partial charge in [-0.05, 0) is 44.9 Å². The van der Waals surface area contributed by atoms with E-state index in [9.17, 15) is 4.79 Å². The predicted molar refractivity (Wildman–Crippen MR) is 101 cm³/mol. The van der Waals surface area contributed by atoms with E-state index in [1.54, 1.807) is 4.52 Å². The van der Waals surface area contributed by atoms with Gasteiger partial charge in [-0.25, -0.2) is 9.50 Å². The lowest BCUT2D eigenvalue weighted by Crippen LogP contribution is -2.14. The largest absolute Gasteiger partial charge is 0.301 e. The van der Waals surface area contributed by atoms with E-state index >= 15 is 0 Å². The van der Waals surface area contributed by atoms with Gasteiger partial charge in [-0.1, -0.05) is 23.1 Å². The van der Waals surface area contributed by atoms with Crippen LogP contribution in [0.5, 0.6) is 0 Å². The van der Waals surface area contributed by atoms with Crippen molar-refractivity contribution in [2.75, 3.05) is 11.6 Å². The number of hydrogen-bond acceptors (Lipinski definition) is 8. The topological polar surface area (TPSA) is 98.0 Å². The van der Waals surface area contributed by atoms with Crippen LogP contribution in [0.25, 0.3) is 5.78 Å². The molecule has 1 fully saturated rings. The summed E-state index contributed by atoms with van der Waals surface area (Å²) in [5, 5.41) is 17.8. The van der Waals surface area contributed by atoms with E-state index in [1.165, 1.54) is 35.9 Å². The van der Waals surface area contributed by atoms with Crippen LogP contribution in [0.2, 0.25) is 0 Å². The first-order chi connectivity index (χ1) is 12.5. The molecule has 0 saturated heterocycles. The summed E-state index contributed by atoms with van der Waals surface area (Å²) in [5.74, 6) is 1.08. The number of nitrogens with zero attached hydrogens (tertiary/aromatic N) is 6. The molecule has 1 N–H and O–H groups in total. The minimum Gasteiger partial charge on any atom is -0.301 e. The fourth-order valence-electron chi connectivity index (χ4n) is 2.84. The average molecular weight is 390 g/mol. The van der Waals surface area contributed by atoms with Crippen molar-refractivity contribution in [1.82, 2.24) is 29.8 Å². The molecule has 1 amide bonds. The second kappa shape index (κ2) is 6.92. The molecule has 0 unspecified atom stereocenters. The number of nitrogens with one attached hydrogen (secondary N) is 1. The maximum absolute atomic E-state index is 12.3. The summed E-state index contributed by atoms with van der Waals surface area (Å²) >= 11 is 2.96. The molecular formula is C16H19N7OS2. The molecule has 0 aliphatic heterocycles. The number of aromatic nitrogens is 6. The second-order valence-corrected chi connectivity index (χ2v) is 8.12. The lowest BCUT2D eigenvalue weighted by atomic mass is 10.1. The SMILES string of the molecule is CSc1nc2nc(C)c(CCC(=O)Nc3nnc(C4CC4)s3)c(C)n2n1. The number of anilines is 1. The standard InChI is InChI=1S/C16H19N7OS2/c1-8-11(9(2)23-14(17-8)19-16(22-23)25-3)6-7-12(24)18-15-21-20-13(26-15)10-4-5-10/h10H,4-7H2,1-3H3,(H,18,21,24). The van der Waals surface area contributed by atoms with E-state index in [1.807, 2.05) is 20.1 Å². The molecule has 10 heteroatoms. The molecule has 3 aromatic rings. The van der Waals surface area contributed by atoms with Crippen LogP contribution in [0, 0.1) is 13.8 Å². The predicted octanol–water partition coefficient (Wildman–Crippen LogP) is 2.76. The van der Waals surface area contributed by atoms with Gasteiger partial charge in [-0.2, -0.15) is 4.98 Å². The number of aryl methyl sites for hydroxylation is 2. The first-order valence-corrected chi connectivity index (χ1v) is 10.5. The number of amides is 1. The zero-order chi connectivity index (χ0) is 18.3. The van der Waals surface area contributed by atoms with Crippen molar-refractivity contribution in [2.24, 2.45) is 0 Å². The molecule has 1 aliphatic carbocycles. The van der Waals surface area contributed by atoms with Crippen LogP contribution in [0.3, 0.4) is 0 Å². The third kappa shape index (κ3) is 3.43. The molecule has 1 aliphatic rings. The maximum Gasteiger partial charge on any atom is 0.253 e. The van der Waals surface area contributed by atoms with Crippen molar-refractivity contribution >= 4 is 39.9 Å². The van der Waals surface area contributed by atoms with Gasteiger partial charge in [0.15, 0.2) is 0 Å². The molecule has 4 rings (SSSR count). The molecule has 0 atom stereocenters. The minimum absolute atomic E-state index is 0.0641. The lowest BCUT2D eigenvalue weighted by Gasteiger charge is -2.09. The summed E-state index contributed by atoms with van der Waals surface area (Å²) in [5.41, 5.74) is 2.89. The van der Waals surface area contributed by atoms with Crippen LogP contribution >= 0.6 is 23.1 Å². The van der Waals surface area contributed by atoms with E-state index in [0.717, 1.165) is 22.0 Å². The Kier molecular flexibility index (Phi) is 4.62. The van der Waals surface area contributed by atoms with Crippen LogP contribution in [0.4, 0.5) is 5.13 Å². The molecule has 8 nitrogen and oxygen atoms in total. The van der Waals surface area contributed by atoms with Gasteiger partial charge in [0.25, 0.3) is 5.78 Å². The lowest BCUT2D eigenvalue weighted by molar-refractivity contribution is -0.116. The minimum atomic E-state index is -0.0641. The third-order valence-corrected chi connectivity index (χ3v) is 5.97. The fourth-order valence-corrected chi connectivity index (χ4v) is 4.10. The molecular weight excluding hydrogens is 370 g/mol. The Bertz CT molecular complexity index is 977. The highest BCUT2D eigenvalue weighted by atomic mass is 32.2. The zero-order valence-electron chi connectivity index (χ0n) is 14.8. The van der Waals surface area contributed by atoms with Crippen LogP contribution < -0.4 is 5.32 Å². The first-order valence-electron chi connectivity index (χ1n) is 8.45. The smallest absolute Gasteiger partial charge is 0.253 e. The van der Waals surface area contributed by atoms with E-state index in [2.05, 4.69) is 30.6 Å². The van der Waals surface area contributed by atoms with Crippen LogP contribution in [-0.4, -0.2) is 41.9 Å². The van der Waals surface area contributed by atoms with Crippen LogP contribution in [-0.2, 0) is 11.2 Å². The summed E-state index contributed by atoms with van der Waals surface area (Å²) in [6.07, 6.45) is 5.24. The van der Waals surface area contributed by atoms with E-state index in [4.69, 9.17) is 0 Å². The monoisotopic (exact) mass is 389 g/mol. The summed E-state index contributed by atoms with van der Waals surface area (Å²) in [4.78, 5) is 21.2. The van der Waals surface area contributed by atoms with Crippen molar-refractivity contribution in [1.29, 1.82) is 0 Å². The highest BCUT2D eigenvalue weighted by molar-refractivity contribution is 7.98. The van der Waals surface area contributed by atoms with E-state index in [0.29, 0.717) is 34.8 Å². The normalized spacial score (nSPS) is 14.1. The molecule has 0 radical (unpaired) electrons.